The van der Waals surface area contributed by atoms with Gasteiger partial charge in [0, 0.05) is 17.6 Å². The number of rotatable bonds is 10. The number of anilines is 1. The van der Waals surface area contributed by atoms with Crippen LogP contribution >= 0.6 is 23.2 Å². The van der Waals surface area contributed by atoms with E-state index in [1.807, 2.05) is 30.3 Å². The molecule has 1 aliphatic carbocycles. The van der Waals surface area contributed by atoms with E-state index in [2.05, 4.69) is 5.32 Å². The predicted octanol–water partition coefficient (Wildman–Crippen LogP) is 6.05. The summed E-state index contributed by atoms with van der Waals surface area (Å²) in [5.41, 5.74) is 0.886. The third kappa shape index (κ3) is 7.36. The predicted molar refractivity (Wildman–Crippen MR) is 159 cm³/mol. The first kappa shape index (κ1) is 29.9. The van der Waals surface area contributed by atoms with E-state index in [0.717, 1.165) is 42.0 Å². The van der Waals surface area contributed by atoms with Crippen molar-refractivity contribution in [1.82, 2.24) is 10.2 Å². The number of nitrogens with one attached hydrogen (secondary N) is 1. The number of carbonyl (C=O) groups is 2. The Bertz CT molecular complexity index is 1420. The molecule has 10 heteroatoms. The molecule has 3 aromatic rings. The summed E-state index contributed by atoms with van der Waals surface area (Å²) in [7, 11) is -4.22. The normalized spacial score (nSPS) is 14.8. The Labute approximate surface area is 246 Å². The summed E-state index contributed by atoms with van der Waals surface area (Å²) in [6, 6.07) is 20.8. The summed E-state index contributed by atoms with van der Waals surface area (Å²) in [6.45, 7) is 1.22. The Morgan fingerprint density at radius 1 is 0.925 bits per heavy atom. The number of hydrogen-bond acceptors (Lipinski definition) is 4. The van der Waals surface area contributed by atoms with Crippen molar-refractivity contribution >= 4 is 50.7 Å². The van der Waals surface area contributed by atoms with Crippen LogP contribution in [-0.2, 0) is 26.2 Å². The molecule has 0 bridgehead atoms. The van der Waals surface area contributed by atoms with Crippen LogP contribution in [0.1, 0.15) is 44.6 Å². The molecule has 212 valence electrons. The molecule has 1 aliphatic rings. The Balaban J connectivity index is 1.68. The number of benzene rings is 3. The highest BCUT2D eigenvalue weighted by atomic mass is 35.5. The summed E-state index contributed by atoms with van der Waals surface area (Å²) >= 11 is 12.7. The fourth-order valence-electron chi connectivity index (χ4n) is 4.84. The largest absolute Gasteiger partial charge is 0.352 e. The van der Waals surface area contributed by atoms with Crippen LogP contribution in [0.4, 0.5) is 5.69 Å². The molecule has 0 aromatic heterocycles. The molecule has 4 rings (SSSR count). The van der Waals surface area contributed by atoms with E-state index >= 15 is 0 Å². The summed E-state index contributed by atoms with van der Waals surface area (Å²) in [4.78, 5) is 28.8. The summed E-state index contributed by atoms with van der Waals surface area (Å²) in [6.07, 6.45) is 5.07. The zero-order valence-electron chi connectivity index (χ0n) is 22.3. The minimum Gasteiger partial charge on any atom is -0.352 e. The molecule has 3 aromatic carbocycles. The van der Waals surface area contributed by atoms with E-state index in [9.17, 15) is 18.0 Å². The third-order valence-corrected chi connectivity index (χ3v) is 9.43. The number of carbonyl (C=O) groups excluding carboxylic acids is 2. The molecule has 0 spiro atoms. The highest BCUT2D eigenvalue weighted by molar-refractivity contribution is 7.92. The fourth-order valence-corrected chi connectivity index (χ4v) is 6.72. The lowest BCUT2D eigenvalue weighted by Crippen LogP contribution is -2.53. The first-order valence-electron chi connectivity index (χ1n) is 13.3. The smallest absolute Gasteiger partial charge is 0.264 e. The molecular weight excluding hydrogens is 569 g/mol. The Morgan fingerprint density at radius 3 is 2.20 bits per heavy atom. The van der Waals surface area contributed by atoms with Gasteiger partial charge in [0.25, 0.3) is 10.0 Å². The van der Waals surface area contributed by atoms with Gasteiger partial charge in [-0.2, -0.15) is 0 Å². The lowest BCUT2D eigenvalue weighted by molar-refractivity contribution is -0.139. The molecule has 0 heterocycles. The SMILES string of the molecule is C[C@@H](C(=O)NC1CCCCC1)N(Cc1ccccc1)C(=O)CN(c1cc(Cl)ccc1Cl)S(=O)(=O)c1ccccc1. The van der Waals surface area contributed by atoms with Gasteiger partial charge in [0.05, 0.1) is 15.6 Å². The van der Waals surface area contributed by atoms with Gasteiger partial charge in [-0.3, -0.25) is 13.9 Å². The maximum absolute atomic E-state index is 14.0. The Morgan fingerprint density at radius 2 is 1.55 bits per heavy atom. The van der Waals surface area contributed by atoms with Crippen molar-refractivity contribution in [2.75, 3.05) is 10.8 Å². The van der Waals surface area contributed by atoms with Gasteiger partial charge in [-0.25, -0.2) is 8.42 Å². The van der Waals surface area contributed by atoms with E-state index in [4.69, 9.17) is 23.2 Å². The Hall–Kier alpha value is -3.07. The second-order valence-corrected chi connectivity index (χ2v) is 12.7. The molecule has 1 fully saturated rings. The van der Waals surface area contributed by atoms with Crippen molar-refractivity contribution in [3.8, 4) is 0 Å². The maximum Gasteiger partial charge on any atom is 0.264 e. The van der Waals surface area contributed by atoms with Crippen molar-refractivity contribution in [3.05, 3.63) is 94.5 Å². The molecule has 7 nitrogen and oxygen atoms in total. The van der Waals surface area contributed by atoms with Gasteiger partial charge in [0.1, 0.15) is 12.6 Å². The maximum atomic E-state index is 14.0. The molecule has 1 N–H and O–H groups in total. The standard InChI is InChI=1S/C30H33Cl2N3O4S/c1-22(30(37)33-25-13-7-3-8-14-25)34(20-23-11-5-2-6-12-23)29(36)21-35(28-19-24(31)17-18-27(28)32)40(38,39)26-15-9-4-10-16-26/h2,4-6,9-12,15-19,22,25H,3,7-8,13-14,20-21H2,1H3,(H,33,37)/t22-/m0/s1. The van der Waals surface area contributed by atoms with E-state index < -0.39 is 28.5 Å². The van der Waals surface area contributed by atoms with Gasteiger partial charge in [0.2, 0.25) is 11.8 Å². The lowest BCUT2D eigenvalue weighted by Gasteiger charge is -2.33. The number of hydrogen-bond donors (Lipinski definition) is 1. The van der Waals surface area contributed by atoms with Crippen molar-refractivity contribution in [3.63, 3.8) is 0 Å². The zero-order valence-corrected chi connectivity index (χ0v) is 24.6. The number of nitrogens with zero attached hydrogens (tertiary/aromatic N) is 2. The minimum absolute atomic E-state index is 0.00320. The first-order chi connectivity index (χ1) is 19.2. The number of amides is 2. The minimum atomic E-state index is -4.22. The first-order valence-corrected chi connectivity index (χ1v) is 15.5. The van der Waals surface area contributed by atoms with Crippen molar-refractivity contribution in [2.24, 2.45) is 0 Å². The lowest BCUT2D eigenvalue weighted by atomic mass is 9.95. The molecule has 0 radical (unpaired) electrons. The summed E-state index contributed by atoms with van der Waals surface area (Å²) in [5, 5.41) is 3.48. The highest BCUT2D eigenvalue weighted by Crippen LogP contribution is 2.33. The van der Waals surface area contributed by atoms with Crippen LogP contribution in [0.2, 0.25) is 10.0 Å². The van der Waals surface area contributed by atoms with Crippen LogP contribution in [-0.4, -0.2) is 43.8 Å². The van der Waals surface area contributed by atoms with Gasteiger partial charge in [-0.15, -0.1) is 0 Å². The monoisotopic (exact) mass is 601 g/mol. The van der Waals surface area contributed by atoms with Gasteiger partial charge in [-0.05, 0) is 55.7 Å². The summed E-state index contributed by atoms with van der Waals surface area (Å²) in [5.74, 6) is -0.819. The van der Waals surface area contributed by atoms with Crippen LogP contribution in [0.3, 0.4) is 0 Å². The molecule has 2 amide bonds. The van der Waals surface area contributed by atoms with Crippen molar-refractivity contribution in [1.29, 1.82) is 0 Å². The van der Waals surface area contributed by atoms with Gasteiger partial charge >= 0.3 is 0 Å². The molecule has 40 heavy (non-hydrogen) atoms. The second-order valence-electron chi connectivity index (χ2n) is 9.95. The topological polar surface area (TPSA) is 86.8 Å². The fraction of sp³-hybridized carbons (Fsp3) is 0.333. The Kier molecular flexibility index (Phi) is 10.1. The van der Waals surface area contributed by atoms with Crippen LogP contribution in [0.15, 0.2) is 83.8 Å². The quantitative estimate of drug-likeness (QED) is 0.306. The summed E-state index contributed by atoms with van der Waals surface area (Å²) < 4.78 is 28.7. The van der Waals surface area contributed by atoms with Crippen LogP contribution < -0.4 is 9.62 Å². The van der Waals surface area contributed by atoms with E-state index in [1.165, 1.54) is 29.2 Å². The van der Waals surface area contributed by atoms with E-state index in [1.54, 1.807) is 31.2 Å². The van der Waals surface area contributed by atoms with E-state index in [-0.39, 0.29) is 39.1 Å². The average molecular weight is 603 g/mol. The molecule has 1 saturated carbocycles. The van der Waals surface area contributed by atoms with Crippen molar-refractivity contribution in [2.45, 2.75) is 62.6 Å². The number of sulfonamides is 1. The van der Waals surface area contributed by atoms with Crippen LogP contribution in [0, 0.1) is 0 Å². The van der Waals surface area contributed by atoms with Gasteiger partial charge < -0.3 is 10.2 Å². The van der Waals surface area contributed by atoms with E-state index in [0.29, 0.717) is 0 Å². The highest BCUT2D eigenvalue weighted by Gasteiger charge is 2.34. The zero-order chi connectivity index (χ0) is 28.7. The van der Waals surface area contributed by atoms with Gasteiger partial charge in [-0.1, -0.05) is 91.0 Å². The average Bonchev–Trinajstić information content (AvgIpc) is 2.97. The van der Waals surface area contributed by atoms with Gasteiger partial charge in [0.15, 0.2) is 0 Å². The number of halogens is 2. The van der Waals surface area contributed by atoms with Crippen LogP contribution in [0.25, 0.3) is 0 Å². The molecule has 0 saturated heterocycles. The van der Waals surface area contributed by atoms with Crippen molar-refractivity contribution < 1.29 is 18.0 Å². The molecular formula is C30H33Cl2N3O4S. The molecule has 0 unspecified atom stereocenters. The van der Waals surface area contributed by atoms with Crippen LogP contribution in [0.5, 0.6) is 0 Å². The second kappa shape index (κ2) is 13.5. The third-order valence-electron chi connectivity index (χ3n) is 7.10. The molecule has 0 aliphatic heterocycles. The molecule has 1 atom stereocenters.